The van der Waals surface area contributed by atoms with Gasteiger partial charge in [-0.1, -0.05) is 35.8 Å². The van der Waals surface area contributed by atoms with E-state index < -0.39 is 0 Å². The molecule has 0 aromatic heterocycles. The Bertz CT molecular complexity index is 643. The number of hydrogen-bond donors (Lipinski definition) is 2. The van der Waals surface area contributed by atoms with Crippen molar-refractivity contribution in [3.63, 3.8) is 0 Å². The van der Waals surface area contributed by atoms with Gasteiger partial charge >= 0.3 is 6.03 Å². The highest BCUT2D eigenvalue weighted by Crippen LogP contribution is 2.25. The topological polar surface area (TPSA) is 56.8 Å². The van der Waals surface area contributed by atoms with Crippen molar-refractivity contribution >= 4 is 27.6 Å². The number of anilines is 1. The molecule has 7 heteroatoms. The van der Waals surface area contributed by atoms with Crippen LogP contribution in [0.15, 0.2) is 28.7 Å². The van der Waals surface area contributed by atoms with Gasteiger partial charge in [-0.05, 0) is 36.5 Å². The fourth-order valence-corrected chi connectivity index (χ4v) is 4.39. The molecule has 0 saturated carbocycles. The predicted molar refractivity (Wildman–Crippen MR) is 117 cm³/mol. The Morgan fingerprint density at radius 1 is 1.25 bits per heavy atom. The van der Waals surface area contributed by atoms with Crippen molar-refractivity contribution in [2.45, 2.75) is 26.4 Å². The molecule has 0 radical (unpaired) electrons. The number of morpholine rings is 1. The molecule has 2 aliphatic heterocycles. The molecule has 0 spiro atoms. The zero-order valence-electron chi connectivity index (χ0n) is 17.0. The minimum atomic E-state index is -0.0921. The molecule has 0 aliphatic carbocycles. The number of nitrogens with one attached hydrogen (secondary N) is 2. The maximum Gasteiger partial charge on any atom is 0.314 e. The molecule has 156 valence electrons. The highest BCUT2D eigenvalue weighted by molar-refractivity contribution is 9.10. The Balaban J connectivity index is 1.34. The fourth-order valence-electron chi connectivity index (χ4n) is 4.00. The van der Waals surface area contributed by atoms with Crippen LogP contribution in [0, 0.1) is 11.8 Å². The molecule has 2 unspecified atom stereocenters. The second-order valence-electron chi connectivity index (χ2n) is 8.32. The first kappa shape index (κ1) is 21.4. The summed E-state index contributed by atoms with van der Waals surface area (Å²) in [6, 6.07) is 8.30. The van der Waals surface area contributed by atoms with E-state index in [0.717, 1.165) is 50.2 Å². The Kier molecular flexibility index (Phi) is 8.00. The monoisotopic (exact) mass is 452 g/mol. The number of hydrogen-bond acceptors (Lipinski definition) is 4. The van der Waals surface area contributed by atoms with Crippen LogP contribution in [0.2, 0.25) is 0 Å². The van der Waals surface area contributed by atoms with Gasteiger partial charge < -0.3 is 20.3 Å². The van der Waals surface area contributed by atoms with Gasteiger partial charge in [0.15, 0.2) is 0 Å². The van der Waals surface area contributed by atoms with Crippen LogP contribution in [0.5, 0.6) is 0 Å². The van der Waals surface area contributed by atoms with Crippen LogP contribution in [0.1, 0.15) is 20.3 Å². The van der Waals surface area contributed by atoms with Crippen molar-refractivity contribution in [1.82, 2.24) is 15.5 Å². The summed E-state index contributed by atoms with van der Waals surface area (Å²) >= 11 is 3.53. The summed E-state index contributed by atoms with van der Waals surface area (Å²) in [5.74, 6) is 1.13. The van der Waals surface area contributed by atoms with Crippen LogP contribution in [0.25, 0.3) is 0 Å². The van der Waals surface area contributed by atoms with Gasteiger partial charge in [-0.2, -0.15) is 0 Å². The zero-order valence-corrected chi connectivity index (χ0v) is 18.6. The molecule has 0 bridgehead atoms. The number of ether oxygens (including phenoxy) is 1. The number of urea groups is 1. The van der Waals surface area contributed by atoms with Crippen LogP contribution in [0.4, 0.5) is 10.5 Å². The molecule has 28 heavy (non-hydrogen) atoms. The van der Waals surface area contributed by atoms with Gasteiger partial charge in [-0.3, -0.25) is 4.90 Å². The standard InChI is InChI=1S/C21H33BrN4O2/c1-16(2)13-25-8-9-28-20(15-25)12-24-21(27)23-11-17-6-7-26(14-17)19-5-3-4-18(22)10-19/h3-5,10,16-17,20H,6-9,11-15H2,1-2H3,(H2,23,24,27). The molecule has 3 rings (SSSR count). The number of rotatable bonds is 7. The lowest BCUT2D eigenvalue weighted by Gasteiger charge is -2.33. The minimum absolute atomic E-state index is 0.0803. The van der Waals surface area contributed by atoms with Crippen molar-refractivity contribution in [3.8, 4) is 0 Å². The van der Waals surface area contributed by atoms with Gasteiger partial charge in [0, 0.05) is 56.0 Å². The van der Waals surface area contributed by atoms with Crippen LogP contribution in [-0.4, -0.2) is 69.5 Å². The van der Waals surface area contributed by atoms with Gasteiger partial charge in [0.2, 0.25) is 0 Å². The average Bonchev–Trinajstić information content (AvgIpc) is 3.14. The zero-order chi connectivity index (χ0) is 19.9. The van der Waals surface area contributed by atoms with Crippen molar-refractivity contribution in [2.75, 3.05) is 57.3 Å². The van der Waals surface area contributed by atoms with E-state index >= 15 is 0 Å². The molecular formula is C21H33BrN4O2. The molecule has 6 nitrogen and oxygen atoms in total. The quantitative estimate of drug-likeness (QED) is 0.667. The van der Waals surface area contributed by atoms with Crippen LogP contribution in [-0.2, 0) is 4.74 Å². The predicted octanol–water partition coefficient (Wildman–Crippen LogP) is 2.93. The van der Waals surface area contributed by atoms with E-state index in [1.165, 1.54) is 5.69 Å². The van der Waals surface area contributed by atoms with Crippen LogP contribution >= 0.6 is 15.9 Å². The molecule has 2 fully saturated rings. The lowest BCUT2D eigenvalue weighted by molar-refractivity contribution is -0.0290. The van der Waals surface area contributed by atoms with Gasteiger partial charge in [0.05, 0.1) is 12.7 Å². The van der Waals surface area contributed by atoms with E-state index in [2.05, 4.69) is 68.4 Å². The van der Waals surface area contributed by atoms with E-state index in [4.69, 9.17) is 4.74 Å². The van der Waals surface area contributed by atoms with E-state index in [0.29, 0.717) is 24.9 Å². The number of halogens is 1. The van der Waals surface area contributed by atoms with Crippen molar-refractivity contribution in [3.05, 3.63) is 28.7 Å². The van der Waals surface area contributed by atoms with Crippen molar-refractivity contribution in [1.29, 1.82) is 0 Å². The third-order valence-electron chi connectivity index (χ3n) is 5.35. The maximum absolute atomic E-state index is 12.2. The highest BCUT2D eigenvalue weighted by Gasteiger charge is 2.24. The van der Waals surface area contributed by atoms with Crippen LogP contribution < -0.4 is 15.5 Å². The van der Waals surface area contributed by atoms with E-state index in [1.807, 2.05) is 6.07 Å². The van der Waals surface area contributed by atoms with E-state index in [1.54, 1.807) is 0 Å². The SMILES string of the molecule is CC(C)CN1CCOC(CNC(=O)NCC2CCN(c3cccc(Br)c3)C2)C1. The number of nitrogens with zero attached hydrogens (tertiary/aromatic N) is 2. The summed E-state index contributed by atoms with van der Waals surface area (Å²) < 4.78 is 6.90. The smallest absolute Gasteiger partial charge is 0.314 e. The molecule has 2 amide bonds. The average molecular weight is 453 g/mol. The number of benzene rings is 1. The molecule has 2 aliphatic rings. The van der Waals surface area contributed by atoms with Gasteiger partial charge in [0.25, 0.3) is 0 Å². The number of carbonyl (C=O) groups is 1. The summed E-state index contributed by atoms with van der Waals surface area (Å²) in [4.78, 5) is 17.0. The second-order valence-corrected chi connectivity index (χ2v) is 9.23. The third kappa shape index (κ3) is 6.64. The Hall–Kier alpha value is -1.31. The summed E-state index contributed by atoms with van der Waals surface area (Å²) in [5, 5.41) is 6.01. The first-order valence-electron chi connectivity index (χ1n) is 10.4. The minimum Gasteiger partial charge on any atom is -0.374 e. The molecule has 2 N–H and O–H groups in total. The summed E-state index contributed by atoms with van der Waals surface area (Å²) in [5.41, 5.74) is 1.24. The molecule has 1 aromatic rings. The lowest BCUT2D eigenvalue weighted by atomic mass is 10.1. The molecular weight excluding hydrogens is 420 g/mol. The normalized spacial score (nSPS) is 23.2. The van der Waals surface area contributed by atoms with Crippen LogP contribution in [0.3, 0.4) is 0 Å². The third-order valence-corrected chi connectivity index (χ3v) is 5.84. The largest absolute Gasteiger partial charge is 0.374 e. The lowest BCUT2D eigenvalue weighted by Crippen LogP contribution is -2.50. The first-order valence-corrected chi connectivity index (χ1v) is 11.1. The van der Waals surface area contributed by atoms with Gasteiger partial charge in [-0.15, -0.1) is 0 Å². The summed E-state index contributed by atoms with van der Waals surface area (Å²) in [7, 11) is 0. The van der Waals surface area contributed by atoms with E-state index in [9.17, 15) is 4.79 Å². The molecule has 2 heterocycles. The molecule has 1 aromatic carbocycles. The summed E-state index contributed by atoms with van der Waals surface area (Å²) in [6.07, 6.45) is 1.18. The fraction of sp³-hybridized carbons (Fsp3) is 0.667. The Labute approximate surface area is 177 Å². The first-order chi connectivity index (χ1) is 13.5. The van der Waals surface area contributed by atoms with E-state index in [-0.39, 0.29) is 12.1 Å². The molecule has 2 saturated heterocycles. The second kappa shape index (κ2) is 10.5. The number of carbonyl (C=O) groups excluding carboxylic acids is 1. The highest BCUT2D eigenvalue weighted by atomic mass is 79.9. The number of amides is 2. The Morgan fingerprint density at radius 2 is 2.07 bits per heavy atom. The maximum atomic E-state index is 12.2. The van der Waals surface area contributed by atoms with Crippen molar-refractivity contribution in [2.24, 2.45) is 11.8 Å². The van der Waals surface area contributed by atoms with Crippen molar-refractivity contribution < 1.29 is 9.53 Å². The summed E-state index contributed by atoms with van der Waals surface area (Å²) in [6.45, 7) is 11.5. The Morgan fingerprint density at radius 3 is 2.86 bits per heavy atom. The van der Waals surface area contributed by atoms with Gasteiger partial charge in [0.1, 0.15) is 0 Å². The van der Waals surface area contributed by atoms with Gasteiger partial charge in [-0.25, -0.2) is 4.79 Å². The molecule has 2 atom stereocenters.